The Bertz CT molecular complexity index is 574. The average molecular weight is 279 g/mol. The number of hydrogen-bond acceptors (Lipinski definition) is 4. The molecular weight excluding hydrogens is 262 g/mol. The molecule has 0 aromatic heterocycles. The van der Waals surface area contributed by atoms with Gasteiger partial charge in [0.1, 0.15) is 11.2 Å². The summed E-state index contributed by atoms with van der Waals surface area (Å²) in [7, 11) is 0. The summed E-state index contributed by atoms with van der Waals surface area (Å²) in [4.78, 5) is 24.4. The molecule has 1 aliphatic heterocycles. The lowest BCUT2D eigenvalue weighted by Crippen LogP contribution is -2.35. The number of carboxylic acids is 1. The van der Waals surface area contributed by atoms with E-state index in [4.69, 9.17) is 9.84 Å². The van der Waals surface area contributed by atoms with E-state index in [1.54, 1.807) is 26.8 Å². The Hall–Kier alpha value is -2.24. The second kappa shape index (κ2) is 4.70. The highest BCUT2D eigenvalue weighted by molar-refractivity contribution is 5.99. The number of nitrogens with zero attached hydrogens (tertiary/aromatic N) is 1. The van der Waals surface area contributed by atoms with E-state index in [-0.39, 0.29) is 11.3 Å². The van der Waals surface area contributed by atoms with E-state index >= 15 is 0 Å². The molecule has 6 nitrogen and oxygen atoms in total. The highest BCUT2D eigenvalue weighted by Crippen LogP contribution is 2.39. The molecule has 0 spiro atoms. The van der Waals surface area contributed by atoms with Crippen molar-refractivity contribution in [3.63, 3.8) is 0 Å². The van der Waals surface area contributed by atoms with Gasteiger partial charge in [0.15, 0.2) is 5.75 Å². The Morgan fingerprint density at radius 3 is 2.50 bits per heavy atom. The summed E-state index contributed by atoms with van der Waals surface area (Å²) in [5, 5.41) is 19.1. The summed E-state index contributed by atoms with van der Waals surface area (Å²) in [6.45, 7) is 5.60. The predicted molar refractivity (Wildman–Crippen MR) is 72.4 cm³/mol. The molecule has 108 valence electrons. The van der Waals surface area contributed by atoms with E-state index in [1.807, 2.05) is 0 Å². The van der Waals surface area contributed by atoms with Gasteiger partial charge in [-0.1, -0.05) is 6.07 Å². The smallest absolute Gasteiger partial charge is 0.414 e. The largest absolute Gasteiger partial charge is 0.505 e. The zero-order valence-corrected chi connectivity index (χ0v) is 11.6. The number of aromatic carboxylic acids is 1. The van der Waals surface area contributed by atoms with E-state index in [1.165, 1.54) is 11.0 Å². The number of aromatic hydroxyl groups is 1. The van der Waals surface area contributed by atoms with Crippen LogP contribution in [0.2, 0.25) is 0 Å². The molecule has 0 unspecified atom stereocenters. The van der Waals surface area contributed by atoms with Crippen LogP contribution in [0.5, 0.6) is 5.75 Å². The van der Waals surface area contributed by atoms with Crippen LogP contribution < -0.4 is 4.90 Å². The molecule has 1 aromatic carbocycles. The van der Waals surface area contributed by atoms with Gasteiger partial charge in [0.05, 0.1) is 5.69 Å². The minimum Gasteiger partial charge on any atom is -0.505 e. The molecule has 2 N–H and O–H groups in total. The van der Waals surface area contributed by atoms with Gasteiger partial charge in [0.25, 0.3) is 0 Å². The fourth-order valence-corrected chi connectivity index (χ4v) is 2.14. The van der Waals surface area contributed by atoms with E-state index in [0.717, 1.165) is 5.56 Å². The third kappa shape index (κ3) is 2.54. The van der Waals surface area contributed by atoms with Gasteiger partial charge in [0.2, 0.25) is 0 Å². The van der Waals surface area contributed by atoms with Crippen molar-refractivity contribution in [1.82, 2.24) is 0 Å². The number of rotatable bonds is 1. The molecule has 0 atom stereocenters. The number of carbonyl (C=O) groups excluding carboxylic acids is 1. The highest BCUT2D eigenvalue weighted by Gasteiger charge is 2.33. The number of fused-ring (bicyclic) bond motifs is 1. The summed E-state index contributed by atoms with van der Waals surface area (Å²) in [5.74, 6) is -1.63. The summed E-state index contributed by atoms with van der Waals surface area (Å²) < 4.78 is 5.26. The van der Waals surface area contributed by atoms with Crippen LogP contribution >= 0.6 is 0 Å². The second-order valence-electron chi connectivity index (χ2n) is 5.66. The lowest BCUT2D eigenvalue weighted by atomic mass is 10.1. The van der Waals surface area contributed by atoms with Crippen LogP contribution in [0, 0.1) is 0 Å². The Morgan fingerprint density at radius 1 is 1.30 bits per heavy atom. The second-order valence-corrected chi connectivity index (χ2v) is 5.66. The first kappa shape index (κ1) is 14.2. The molecule has 1 amide bonds. The number of carboxylic acid groups (broad SMARTS) is 1. The maximum Gasteiger partial charge on any atom is 0.414 e. The quantitative estimate of drug-likeness (QED) is 0.824. The number of benzene rings is 1. The van der Waals surface area contributed by atoms with Crippen molar-refractivity contribution < 1.29 is 24.5 Å². The first-order chi connectivity index (χ1) is 9.20. The molecule has 1 aliphatic rings. The van der Waals surface area contributed by atoms with Gasteiger partial charge < -0.3 is 14.9 Å². The van der Waals surface area contributed by atoms with Crippen LogP contribution in [0.25, 0.3) is 0 Å². The van der Waals surface area contributed by atoms with E-state index in [0.29, 0.717) is 13.0 Å². The monoisotopic (exact) mass is 279 g/mol. The van der Waals surface area contributed by atoms with Crippen molar-refractivity contribution in [3.8, 4) is 5.75 Å². The number of carbonyl (C=O) groups is 2. The molecule has 0 aliphatic carbocycles. The highest BCUT2D eigenvalue weighted by atomic mass is 16.6. The van der Waals surface area contributed by atoms with Crippen molar-refractivity contribution in [3.05, 3.63) is 23.3 Å². The topological polar surface area (TPSA) is 87.1 Å². The van der Waals surface area contributed by atoms with Crippen molar-refractivity contribution in [2.45, 2.75) is 32.8 Å². The maximum atomic E-state index is 12.1. The van der Waals surface area contributed by atoms with Gasteiger partial charge in [-0.05, 0) is 38.8 Å². The molecule has 0 saturated heterocycles. The van der Waals surface area contributed by atoms with Crippen LogP contribution in [0.4, 0.5) is 10.5 Å². The minimum absolute atomic E-state index is 0.223. The van der Waals surface area contributed by atoms with Crippen molar-refractivity contribution >= 4 is 17.7 Å². The van der Waals surface area contributed by atoms with Gasteiger partial charge >= 0.3 is 12.1 Å². The van der Waals surface area contributed by atoms with Crippen molar-refractivity contribution in [2.75, 3.05) is 11.4 Å². The first-order valence-electron chi connectivity index (χ1n) is 6.29. The zero-order chi connectivity index (χ0) is 15.1. The molecule has 0 radical (unpaired) electrons. The Kier molecular flexibility index (Phi) is 3.33. The summed E-state index contributed by atoms with van der Waals surface area (Å²) in [6.07, 6.45) is -0.0312. The SMILES string of the molecule is CC(C)(C)OC(=O)N1CCc2ccc(C(=O)O)c(O)c21. The summed E-state index contributed by atoms with van der Waals surface area (Å²) >= 11 is 0. The molecule has 0 bridgehead atoms. The van der Waals surface area contributed by atoms with Crippen LogP contribution in [0.3, 0.4) is 0 Å². The summed E-state index contributed by atoms with van der Waals surface area (Å²) in [5.41, 5.74) is 0.0940. The lowest BCUT2D eigenvalue weighted by molar-refractivity contribution is 0.0580. The number of phenols is 1. The normalized spacial score (nSPS) is 14.1. The van der Waals surface area contributed by atoms with Crippen molar-refractivity contribution in [2.24, 2.45) is 0 Å². The third-order valence-electron chi connectivity index (χ3n) is 2.95. The van der Waals surface area contributed by atoms with Crippen LogP contribution in [-0.2, 0) is 11.2 Å². The van der Waals surface area contributed by atoms with Crippen molar-refractivity contribution in [1.29, 1.82) is 0 Å². The Labute approximate surface area is 116 Å². The van der Waals surface area contributed by atoms with Crippen LogP contribution in [0.1, 0.15) is 36.7 Å². The zero-order valence-electron chi connectivity index (χ0n) is 11.6. The van der Waals surface area contributed by atoms with Gasteiger partial charge in [-0.2, -0.15) is 0 Å². The van der Waals surface area contributed by atoms with Gasteiger partial charge in [-0.25, -0.2) is 9.59 Å². The molecule has 20 heavy (non-hydrogen) atoms. The van der Waals surface area contributed by atoms with Gasteiger partial charge in [0, 0.05) is 6.54 Å². The standard InChI is InChI=1S/C14H17NO5/c1-14(2,3)20-13(19)15-7-6-8-4-5-9(12(17)18)11(16)10(8)15/h4-5,16H,6-7H2,1-3H3,(H,17,18). The van der Waals surface area contributed by atoms with Gasteiger partial charge in [-0.15, -0.1) is 0 Å². The van der Waals surface area contributed by atoms with Crippen LogP contribution in [0.15, 0.2) is 12.1 Å². The number of ether oxygens (including phenoxy) is 1. The number of amides is 1. The maximum absolute atomic E-state index is 12.1. The van der Waals surface area contributed by atoms with E-state index in [9.17, 15) is 14.7 Å². The summed E-state index contributed by atoms with van der Waals surface area (Å²) in [6, 6.07) is 2.96. The number of hydrogen-bond donors (Lipinski definition) is 2. The molecule has 0 fully saturated rings. The fraction of sp³-hybridized carbons (Fsp3) is 0.429. The average Bonchev–Trinajstić information content (AvgIpc) is 2.71. The number of anilines is 1. The Morgan fingerprint density at radius 2 is 1.95 bits per heavy atom. The molecule has 0 saturated carbocycles. The molecule has 2 rings (SSSR count). The molecular formula is C14H17NO5. The van der Waals surface area contributed by atoms with E-state index in [2.05, 4.69) is 0 Å². The first-order valence-corrected chi connectivity index (χ1v) is 6.29. The predicted octanol–water partition coefficient (Wildman–Crippen LogP) is 2.39. The minimum atomic E-state index is -1.23. The lowest BCUT2D eigenvalue weighted by Gasteiger charge is -2.25. The molecule has 1 aromatic rings. The third-order valence-corrected chi connectivity index (χ3v) is 2.95. The molecule has 1 heterocycles. The fourth-order valence-electron chi connectivity index (χ4n) is 2.14. The van der Waals surface area contributed by atoms with Crippen LogP contribution in [-0.4, -0.2) is 34.4 Å². The Balaban J connectivity index is 2.39. The molecule has 6 heteroatoms. The van der Waals surface area contributed by atoms with Gasteiger partial charge in [-0.3, -0.25) is 4.90 Å². The van der Waals surface area contributed by atoms with E-state index < -0.39 is 23.4 Å².